The first-order valence-corrected chi connectivity index (χ1v) is 7.09. The lowest BCUT2D eigenvalue weighted by Gasteiger charge is -2.18. The van der Waals surface area contributed by atoms with Gasteiger partial charge in [0, 0.05) is 32.4 Å². The maximum atomic E-state index is 12.3. The summed E-state index contributed by atoms with van der Waals surface area (Å²) < 4.78 is 7.24. The Hall–Kier alpha value is -1.11. The molecule has 1 aromatic rings. The molecule has 2 rings (SSSR count). The molecule has 120 valence electrons. The summed E-state index contributed by atoms with van der Waals surface area (Å²) in [5.41, 5.74) is 1.56. The van der Waals surface area contributed by atoms with E-state index in [2.05, 4.69) is 29.6 Å². The number of halogens is 1. The third kappa shape index (κ3) is 4.18. The van der Waals surface area contributed by atoms with Crippen LogP contribution in [0.3, 0.4) is 0 Å². The van der Waals surface area contributed by atoms with Crippen molar-refractivity contribution in [2.24, 2.45) is 5.92 Å². The topological polar surface area (TPSA) is 68.2 Å². The fourth-order valence-corrected chi connectivity index (χ4v) is 2.49. The Kier molecular flexibility index (Phi) is 6.64. The van der Waals surface area contributed by atoms with Gasteiger partial charge in [0.25, 0.3) is 5.91 Å². The van der Waals surface area contributed by atoms with E-state index >= 15 is 0 Å². The summed E-state index contributed by atoms with van der Waals surface area (Å²) in [6, 6.07) is 0.0142. The van der Waals surface area contributed by atoms with Gasteiger partial charge in [-0.05, 0) is 12.8 Å². The fourth-order valence-electron chi connectivity index (χ4n) is 2.49. The second kappa shape index (κ2) is 7.77. The highest BCUT2D eigenvalue weighted by atomic mass is 35.5. The molecule has 2 N–H and O–H groups in total. The molecule has 1 aliphatic heterocycles. The number of aromatic nitrogens is 2. The summed E-state index contributed by atoms with van der Waals surface area (Å²) in [4.78, 5) is 12.3. The predicted octanol–water partition coefficient (Wildman–Crippen LogP) is 0.986. The molecule has 1 aliphatic rings. The number of carbonyl (C=O) groups is 1. The van der Waals surface area contributed by atoms with Crippen LogP contribution in [0.4, 0.5) is 0 Å². The maximum Gasteiger partial charge on any atom is 0.255 e. The van der Waals surface area contributed by atoms with E-state index in [-0.39, 0.29) is 30.5 Å². The summed E-state index contributed by atoms with van der Waals surface area (Å²) >= 11 is 0. The SMILES string of the molecule is COC1CNCC1NC(=O)c1cnn(CC(C)C)c1C.Cl. The number of hydrogen-bond donors (Lipinski definition) is 2. The van der Waals surface area contributed by atoms with Crippen molar-refractivity contribution in [3.8, 4) is 0 Å². The molecule has 6 nitrogen and oxygen atoms in total. The number of carbonyl (C=O) groups excluding carboxylic acids is 1. The van der Waals surface area contributed by atoms with E-state index < -0.39 is 0 Å². The van der Waals surface area contributed by atoms with Gasteiger partial charge in [-0.2, -0.15) is 5.10 Å². The van der Waals surface area contributed by atoms with Crippen LogP contribution in [0.25, 0.3) is 0 Å². The first kappa shape index (κ1) is 17.9. The van der Waals surface area contributed by atoms with Crippen LogP contribution in [0.15, 0.2) is 6.20 Å². The molecule has 21 heavy (non-hydrogen) atoms. The lowest BCUT2D eigenvalue weighted by Crippen LogP contribution is -2.43. The molecule has 0 radical (unpaired) electrons. The number of amides is 1. The quantitative estimate of drug-likeness (QED) is 0.850. The van der Waals surface area contributed by atoms with E-state index in [0.29, 0.717) is 11.5 Å². The van der Waals surface area contributed by atoms with Gasteiger partial charge in [-0.25, -0.2) is 0 Å². The zero-order valence-corrected chi connectivity index (χ0v) is 13.9. The van der Waals surface area contributed by atoms with E-state index in [0.717, 1.165) is 25.3 Å². The highest BCUT2D eigenvalue weighted by Gasteiger charge is 2.29. The normalized spacial score (nSPS) is 21.4. The van der Waals surface area contributed by atoms with E-state index in [1.807, 2.05) is 11.6 Å². The molecule has 0 bridgehead atoms. The van der Waals surface area contributed by atoms with Gasteiger partial charge in [0.15, 0.2) is 0 Å². The van der Waals surface area contributed by atoms with Gasteiger partial charge in [-0.15, -0.1) is 12.4 Å². The number of nitrogens with zero attached hydrogens (tertiary/aromatic N) is 2. The Morgan fingerprint density at radius 2 is 2.29 bits per heavy atom. The molecule has 0 saturated carbocycles. The third-order valence-electron chi connectivity index (χ3n) is 3.66. The summed E-state index contributed by atoms with van der Waals surface area (Å²) in [6.45, 7) is 8.54. The second-order valence-corrected chi connectivity index (χ2v) is 5.73. The summed E-state index contributed by atoms with van der Waals surface area (Å²) in [5, 5.41) is 10.5. The van der Waals surface area contributed by atoms with Crippen molar-refractivity contribution in [2.45, 2.75) is 39.5 Å². The number of methoxy groups -OCH3 is 1. The molecule has 1 fully saturated rings. The van der Waals surface area contributed by atoms with Crippen molar-refractivity contribution in [3.63, 3.8) is 0 Å². The lowest BCUT2D eigenvalue weighted by molar-refractivity contribution is 0.0779. The number of nitrogens with one attached hydrogen (secondary N) is 2. The predicted molar refractivity (Wildman–Crippen MR) is 84.0 cm³/mol. The molecular formula is C14H25ClN4O2. The van der Waals surface area contributed by atoms with E-state index in [1.165, 1.54) is 0 Å². The maximum absolute atomic E-state index is 12.3. The van der Waals surface area contributed by atoms with Gasteiger partial charge in [0.1, 0.15) is 0 Å². The van der Waals surface area contributed by atoms with Crippen molar-refractivity contribution < 1.29 is 9.53 Å². The Morgan fingerprint density at radius 3 is 2.90 bits per heavy atom. The Balaban J connectivity index is 0.00000220. The van der Waals surface area contributed by atoms with Crippen molar-refractivity contribution in [1.82, 2.24) is 20.4 Å². The van der Waals surface area contributed by atoms with Gasteiger partial charge in [-0.3, -0.25) is 9.48 Å². The first-order valence-electron chi connectivity index (χ1n) is 7.09. The van der Waals surface area contributed by atoms with Crippen LogP contribution in [0.2, 0.25) is 0 Å². The molecule has 0 aliphatic carbocycles. The molecule has 0 aromatic carbocycles. The zero-order valence-electron chi connectivity index (χ0n) is 13.0. The van der Waals surface area contributed by atoms with Crippen LogP contribution < -0.4 is 10.6 Å². The smallest absolute Gasteiger partial charge is 0.255 e. The van der Waals surface area contributed by atoms with E-state index in [1.54, 1.807) is 13.3 Å². The Labute approximate surface area is 132 Å². The molecule has 2 heterocycles. The number of ether oxygens (including phenoxy) is 1. The molecule has 1 aromatic heterocycles. The average Bonchev–Trinajstić information content (AvgIpc) is 2.97. The largest absolute Gasteiger partial charge is 0.378 e. The van der Waals surface area contributed by atoms with E-state index in [4.69, 9.17) is 4.74 Å². The Morgan fingerprint density at radius 1 is 1.57 bits per heavy atom. The first-order chi connectivity index (χ1) is 9.52. The number of rotatable bonds is 5. The molecule has 2 unspecified atom stereocenters. The summed E-state index contributed by atoms with van der Waals surface area (Å²) in [7, 11) is 1.67. The lowest BCUT2D eigenvalue weighted by atomic mass is 10.1. The van der Waals surface area contributed by atoms with E-state index in [9.17, 15) is 4.79 Å². The van der Waals surface area contributed by atoms with Crippen LogP contribution in [-0.2, 0) is 11.3 Å². The van der Waals surface area contributed by atoms with Gasteiger partial charge >= 0.3 is 0 Å². The average molecular weight is 317 g/mol. The molecule has 7 heteroatoms. The van der Waals surface area contributed by atoms with Crippen LogP contribution in [0.5, 0.6) is 0 Å². The van der Waals surface area contributed by atoms with Gasteiger partial charge in [0.2, 0.25) is 0 Å². The minimum atomic E-state index is -0.0757. The number of hydrogen-bond acceptors (Lipinski definition) is 4. The van der Waals surface area contributed by atoms with Crippen LogP contribution in [0.1, 0.15) is 29.9 Å². The van der Waals surface area contributed by atoms with Crippen LogP contribution in [-0.4, -0.2) is 48.0 Å². The van der Waals surface area contributed by atoms with Crippen molar-refractivity contribution in [3.05, 3.63) is 17.5 Å². The van der Waals surface area contributed by atoms with Crippen molar-refractivity contribution >= 4 is 18.3 Å². The monoisotopic (exact) mass is 316 g/mol. The van der Waals surface area contributed by atoms with Gasteiger partial charge < -0.3 is 15.4 Å². The van der Waals surface area contributed by atoms with Crippen molar-refractivity contribution in [2.75, 3.05) is 20.2 Å². The van der Waals surface area contributed by atoms with Crippen molar-refractivity contribution in [1.29, 1.82) is 0 Å². The summed E-state index contributed by atoms with van der Waals surface area (Å²) in [5.74, 6) is 0.426. The molecular weight excluding hydrogens is 292 g/mol. The Bertz CT molecular complexity index is 476. The third-order valence-corrected chi connectivity index (χ3v) is 3.66. The van der Waals surface area contributed by atoms with Crippen LogP contribution >= 0.6 is 12.4 Å². The minimum Gasteiger partial charge on any atom is -0.378 e. The van der Waals surface area contributed by atoms with Gasteiger partial charge in [0.05, 0.1) is 23.9 Å². The minimum absolute atomic E-state index is 0. The highest BCUT2D eigenvalue weighted by Crippen LogP contribution is 2.11. The molecule has 1 amide bonds. The van der Waals surface area contributed by atoms with Crippen LogP contribution in [0, 0.1) is 12.8 Å². The summed E-state index contributed by atoms with van der Waals surface area (Å²) in [6.07, 6.45) is 1.68. The van der Waals surface area contributed by atoms with Gasteiger partial charge in [-0.1, -0.05) is 13.8 Å². The fraction of sp³-hybridized carbons (Fsp3) is 0.714. The molecule has 2 atom stereocenters. The zero-order chi connectivity index (χ0) is 14.7. The second-order valence-electron chi connectivity index (χ2n) is 5.73. The highest BCUT2D eigenvalue weighted by molar-refractivity contribution is 5.95. The molecule has 0 spiro atoms. The molecule has 1 saturated heterocycles. The standard InChI is InChI=1S/C14H24N4O2.ClH/c1-9(2)8-18-10(3)11(5-16-18)14(19)17-12-6-15-7-13(12)20-4;/h5,9,12-13,15H,6-8H2,1-4H3,(H,17,19);1H.